The predicted molar refractivity (Wildman–Crippen MR) is 72.5 cm³/mol. The van der Waals surface area contributed by atoms with Crippen LogP contribution in [0.2, 0.25) is 0 Å². The van der Waals surface area contributed by atoms with Gasteiger partial charge in [-0.15, -0.1) is 11.3 Å². The van der Waals surface area contributed by atoms with E-state index < -0.39 is 0 Å². The second-order valence-corrected chi connectivity index (χ2v) is 5.30. The Morgan fingerprint density at radius 1 is 1.35 bits per heavy atom. The number of rotatable bonds is 3. The van der Waals surface area contributed by atoms with Crippen molar-refractivity contribution in [1.29, 1.82) is 0 Å². The molecule has 4 heteroatoms. The summed E-state index contributed by atoms with van der Waals surface area (Å²) in [7, 11) is 0. The summed E-state index contributed by atoms with van der Waals surface area (Å²) in [6, 6.07) is 8.42. The molecule has 0 aliphatic carbocycles. The molecule has 2 aromatic heterocycles. The third kappa shape index (κ3) is 2.17. The summed E-state index contributed by atoms with van der Waals surface area (Å²) in [6.45, 7) is 2.86. The van der Waals surface area contributed by atoms with Gasteiger partial charge in [0, 0.05) is 33.9 Å². The van der Waals surface area contributed by atoms with E-state index in [2.05, 4.69) is 39.6 Å². The summed E-state index contributed by atoms with van der Waals surface area (Å²) < 4.78 is 0. The van der Waals surface area contributed by atoms with E-state index in [0.29, 0.717) is 0 Å². The highest BCUT2D eigenvalue weighted by Crippen LogP contribution is 2.19. The standard InChI is InChI=1S/C13H13N3S/c1-9-15-7-12(17-9)8-16-11-2-3-13-10(6-11)4-5-14-13/h2-7,14,16H,8H2,1H3. The van der Waals surface area contributed by atoms with Crippen LogP contribution in [0, 0.1) is 6.92 Å². The molecule has 0 radical (unpaired) electrons. The number of fused-ring (bicyclic) bond motifs is 1. The number of aromatic amines is 1. The highest BCUT2D eigenvalue weighted by Gasteiger charge is 1.99. The third-order valence-corrected chi connectivity index (χ3v) is 3.60. The quantitative estimate of drug-likeness (QED) is 0.738. The Morgan fingerprint density at radius 3 is 3.12 bits per heavy atom. The number of aryl methyl sites for hydroxylation is 1. The minimum Gasteiger partial charge on any atom is -0.380 e. The largest absolute Gasteiger partial charge is 0.380 e. The molecule has 3 aromatic rings. The minimum atomic E-state index is 0.835. The lowest BCUT2D eigenvalue weighted by atomic mass is 10.2. The Hall–Kier alpha value is -1.81. The molecule has 1 aromatic carbocycles. The van der Waals surface area contributed by atoms with Crippen molar-refractivity contribution in [2.75, 3.05) is 5.32 Å². The van der Waals surface area contributed by atoms with E-state index in [1.807, 2.05) is 19.3 Å². The number of hydrogen-bond donors (Lipinski definition) is 2. The predicted octanol–water partition coefficient (Wildman–Crippen LogP) is 3.54. The van der Waals surface area contributed by atoms with Gasteiger partial charge in [0.15, 0.2) is 0 Å². The summed E-state index contributed by atoms with van der Waals surface area (Å²) in [4.78, 5) is 8.69. The maximum absolute atomic E-state index is 4.24. The van der Waals surface area contributed by atoms with Crippen LogP contribution < -0.4 is 5.32 Å². The van der Waals surface area contributed by atoms with E-state index in [0.717, 1.165) is 17.2 Å². The second-order valence-electron chi connectivity index (χ2n) is 3.98. The monoisotopic (exact) mass is 243 g/mol. The van der Waals surface area contributed by atoms with Crippen LogP contribution in [-0.4, -0.2) is 9.97 Å². The number of nitrogens with one attached hydrogen (secondary N) is 2. The van der Waals surface area contributed by atoms with Gasteiger partial charge in [0.1, 0.15) is 0 Å². The maximum Gasteiger partial charge on any atom is 0.0897 e. The lowest BCUT2D eigenvalue weighted by molar-refractivity contribution is 1.17. The van der Waals surface area contributed by atoms with Crippen LogP contribution in [0.3, 0.4) is 0 Å². The van der Waals surface area contributed by atoms with Gasteiger partial charge in [-0.3, -0.25) is 0 Å². The summed E-state index contributed by atoms with van der Waals surface area (Å²) in [5.41, 5.74) is 2.31. The number of benzene rings is 1. The van der Waals surface area contributed by atoms with Crippen molar-refractivity contribution in [3.63, 3.8) is 0 Å². The van der Waals surface area contributed by atoms with Crippen molar-refractivity contribution in [2.45, 2.75) is 13.5 Å². The number of nitrogens with zero attached hydrogens (tertiary/aromatic N) is 1. The van der Waals surface area contributed by atoms with Gasteiger partial charge in [0.2, 0.25) is 0 Å². The van der Waals surface area contributed by atoms with Crippen LogP contribution >= 0.6 is 11.3 Å². The first-order valence-electron chi connectivity index (χ1n) is 5.53. The maximum atomic E-state index is 4.24. The van der Waals surface area contributed by atoms with Gasteiger partial charge in [0.05, 0.1) is 11.6 Å². The summed E-state index contributed by atoms with van der Waals surface area (Å²) in [5, 5.41) is 5.76. The number of thiazole rings is 1. The van der Waals surface area contributed by atoms with Gasteiger partial charge in [-0.25, -0.2) is 4.98 Å². The Bertz CT molecular complexity index is 639. The molecule has 0 aliphatic rings. The molecule has 3 nitrogen and oxygen atoms in total. The second kappa shape index (κ2) is 4.22. The number of hydrogen-bond acceptors (Lipinski definition) is 3. The molecular weight excluding hydrogens is 230 g/mol. The molecule has 0 bridgehead atoms. The van der Waals surface area contributed by atoms with Gasteiger partial charge in [-0.1, -0.05) is 0 Å². The Kier molecular flexibility index (Phi) is 2.57. The van der Waals surface area contributed by atoms with Gasteiger partial charge in [0.25, 0.3) is 0 Å². The average Bonchev–Trinajstić information content (AvgIpc) is 2.94. The lowest BCUT2D eigenvalue weighted by Crippen LogP contribution is -1.96. The van der Waals surface area contributed by atoms with Crippen LogP contribution in [0.1, 0.15) is 9.88 Å². The van der Waals surface area contributed by atoms with Crippen molar-refractivity contribution < 1.29 is 0 Å². The summed E-state index contributed by atoms with van der Waals surface area (Å²) in [6.07, 6.45) is 3.89. The van der Waals surface area contributed by atoms with Gasteiger partial charge >= 0.3 is 0 Å². The molecule has 0 spiro atoms. The number of H-pyrrole nitrogens is 1. The highest BCUT2D eigenvalue weighted by atomic mass is 32.1. The SMILES string of the molecule is Cc1ncc(CNc2ccc3[nH]ccc3c2)s1. The van der Waals surface area contributed by atoms with Crippen LogP contribution in [0.4, 0.5) is 5.69 Å². The van der Waals surface area contributed by atoms with Crippen molar-refractivity contribution in [2.24, 2.45) is 0 Å². The van der Waals surface area contributed by atoms with E-state index in [9.17, 15) is 0 Å². The van der Waals surface area contributed by atoms with Crippen molar-refractivity contribution in [3.8, 4) is 0 Å². The molecule has 0 saturated heterocycles. The van der Waals surface area contributed by atoms with Crippen LogP contribution in [-0.2, 0) is 6.54 Å². The van der Waals surface area contributed by atoms with E-state index in [-0.39, 0.29) is 0 Å². The van der Waals surface area contributed by atoms with Crippen LogP contribution in [0.15, 0.2) is 36.7 Å². The Labute approximate surface area is 104 Å². The molecule has 0 saturated carbocycles. The van der Waals surface area contributed by atoms with E-state index in [4.69, 9.17) is 0 Å². The van der Waals surface area contributed by atoms with E-state index in [1.54, 1.807) is 11.3 Å². The molecule has 0 unspecified atom stereocenters. The molecule has 2 N–H and O–H groups in total. The molecular formula is C13H13N3S. The minimum absolute atomic E-state index is 0.835. The van der Waals surface area contributed by atoms with Crippen LogP contribution in [0.25, 0.3) is 10.9 Å². The van der Waals surface area contributed by atoms with Crippen LogP contribution in [0.5, 0.6) is 0 Å². The highest BCUT2D eigenvalue weighted by molar-refractivity contribution is 7.11. The van der Waals surface area contributed by atoms with Gasteiger partial charge < -0.3 is 10.3 Å². The molecule has 17 heavy (non-hydrogen) atoms. The first-order chi connectivity index (χ1) is 8.31. The lowest BCUT2D eigenvalue weighted by Gasteiger charge is -2.04. The third-order valence-electron chi connectivity index (χ3n) is 2.69. The summed E-state index contributed by atoms with van der Waals surface area (Å²) >= 11 is 1.73. The van der Waals surface area contributed by atoms with Gasteiger partial charge in [-0.2, -0.15) is 0 Å². The van der Waals surface area contributed by atoms with Crippen molar-refractivity contribution in [1.82, 2.24) is 9.97 Å². The molecule has 3 rings (SSSR count). The zero-order valence-corrected chi connectivity index (χ0v) is 10.3. The Morgan fingerprint density at radius 2 is 2.29 bits per heavy atom. The van der Waals surface area contributed by atoms with E-state index >= 15 is 0 Å². The molecule has 0 atom stereocenters. The van der Waals surface area contributed by atoms with Crippen molar-refractivity contribution in [3.05, 3.63) is 46.5 Å². The van der Waals surface area contributed by atoms with Crippen molar-refractivity contribution >= 4 is 27.9 Å². The topological polar surface area (TPSA) is 40.7 Å². The fourth-order valence-electron chi connectivity index (χ4n) is 1.84. The van der Waals surface area contributed by atoms with Gasteiger partial charge in [-0.05, 0) is 31.2 Å². The normalized spacial score (nSPS) is 10.9. The zero-order chi connectivity index (χ0) is 11.7. The first kappa shape index (κ1) is 10.4. The Balaban J connectivity index is 1.76. The molecule has 86 valence electrons. The van der Waals surface area contributed by atoms with E-state index in [1.165, 1.54) is 15.8 Å². The molecule has 0 amide bonds. The average molecular weight is 243 g/mol. The smallest absolute Gasteiger partial charge is 0.0897 e. The zero-order valence-electron chi connectivity index (χ0n) is 9.53. The molecule has 0 fully saturated rings. The summed E-state index contributed by atoms with van der Waals surface area (Å²) in [5.74, 6) is 0. The first-order valence-corrected chi connectivity index (χ1v) is 6.35. The molecule has 2 heterocycles. The fraction of sp³-hybridized carbons (Fsp3) is 0.154. The number of anilines is 1. The number of aromatic nitrogens is 2. The molecule has 0 aliphatic heterocycles. The fourth-order valence-corrected chi connectivity index (χ4v) is 2.57.